The van der Waals surface area contributed by atoms with Gasteiger partial charge in [0.15, 0.2) is 0 Å². The van der Waals surface area contributed by atoms with Crippen molar-refractivity contribution >= 4 is 35.0 Å². The molecule has 3 aromatic rings. The maximum Gasteiger partial charge on any atom is 0.418 e. The lowest BCUT2D eigenvalue weighted by molar-refractivity contribution is -0.137. The molecule has 0 aromatic heterocycles. The lowest BCUT2D eigenvalue weighted by atomic mass is 10.1. The number of alkyl halides is 3. The Bertz CT molecular complexity index is 1130. The summed E-state index contributed by atoms with van der Waals surface area (Å²) in [6, 6.07) is 18.3. The fourth-order valence-corrected chi connectivity index (χ4v) is 3.85. The van der Waals surface area contributed by atoms with Crippen LogP contribution >= 0.6 is 11.8 Å². The van der Waals surface area contributed by atoms with Gasteiger partial charge in [0, 0.05) is 16.1 Å². The second kappa shape index (κ2) is 10.4. The van der Waals surface area contributed by atoms with E-state index in [1.165, 1.54) is 37.1 Å². The van der Waals surface area contributed by atoms with Crippen LogP contribution in [0.2, 0.25) is 0 Å². The normalized spacial score (nSPS) is 12.0. The van der Waals surface area contributed by atoms with Crippen molar-refractivity contribution in [3.8, 4) is 5.75 Å². The van der Waals surface area contributed by atoms with E-state index in [-0.39, 0.29) is 11.6 Å². The lowest BCUT2D eigenvalue weighted by Crippen LogP contribution is -2.24. The number of anilines is 2. The summed E-state index contributed by atoms with van der Waals surface area (Å²) >= 11 is 1.17. The van der Waals surface area contributed by atoms with Gasteiger partial charge in [0.1, 0.15) is 5.75 Å². The molecule has 9 heteroatoms. The second-order valence-corrected chi connectivity index (χ2v) is 8.42. The first-order chi connectivity index (χ1) is 15.7. The minimum atomic E-state index is -4.57. The maximum atomic E-state index is 13.2. The number of methoxy groups -OCH3 is 1. The SMILES string of the molecule is COc1ccc(C(=O)Nc2cccc(SC(C)C(=O)Nc3ccccc3C(F)(F)F)c2)cc1. The zero-order valence-electron chi connectivity index (χ0n) is 17.8. The molecule has 0 fully saturated rings. The molecule has 3 rings (SSSR count). The van der Waals surface area contributed by atoms with E-state index in [1.807, 2.05) is 0 Å². The fraction of sp³-hybridized carbons (Fsp3) is 0.167. The smallest absolute Gasteiger partial charge is 0.418 e. The van der Waals surface area contributed by atoms with Gasteiger partial charge < -0.3 is 15.4 Å². The van der Waals surface area contributed by atoms with Crippen molar-refractivity contribution in [1.82, 2.24) is 0 Å². The molecule has 0 aliphatic rings. The van der Waals surface area contributed by atoms with Gasteiger partial charge in [-0.2, -0.15) is 13.2 Å². The largest absolute Gasteiger partial charge is 0.497 e. The third-order valence-corrected chi connectivity index (χ3v) is 5.71. The molecule has 2 amide bonds. The quantitative estimate of drug-likeness (QED) is 0.407. The highest BCUT2D eigenvalue weighted by molar-refractivity contribution is 8.00. The van der Waals surface area contributed by atoms with Crippen molar-refractivity contribution < 1.29 is 27.5 Å². The zero-order valence-corrected chi connectivity index (χ0v) is 18.6. The number of benzene rings is 3. The first-order valence-electron chi connectivity index (χ1n) is 9.86. The number of nitrogens with one attached hydrogen (secondary N) is 2. The van der Waals surface area contributed by atoms with Gasteiger partial charge in [0.2, 0.25) is 5.91 Å². The highest BCUT2D eigenvalue weighted by Gasteiger charge is 2.33. The van der Waals surface area contributed by atoms with E-state index in [1.54, 1.807) is 55.5 Å². The van der Waals surface area contributed by atoms with Crippen LogP contribution in [-0.4, -0.2) is 24.2 Å². The Labute approximate surface area is 193 Å². The molecule has 172 valence electrons. The third-order valence-electron chi connectivity index (χ3n) is 4.62. The summed E-state index contributed by atoms with van der Waals surface area (Å²) in [6.45, 7) is 1.60. The van der Waals surface area contributed by atoms with E-state index < -0.39 is 22.9 Å². The molecule has 5 nitrogen and oxygen atoms in total. The van der Waals surface area contributed by atoms with Crippen LogP contribution in [0.25, 0.3) is 0 Å². The van der Waals surface area contributed by atoms with E-state index in [0.29, 0.717) is 21.9 Å². The molecule has 1 unspecified atom stereocenters. The first-order valence-corrected chi connectivity index (χ1v) is 10.7. The number of carbonyl (C=O) groups excluding carboxylic acids is 2. The van der Waals surface area contributed by atoms with Crippen LogP contribution < -0.4 is 15.4 Å². The van der Waals surface area contributed by atoms with Crippen LogP contribution in [-0.2, 0) is 11.0 Å². The summed E-state index contributed by atoms with van der Waals surface area (Å²) in [5, 5.41) is 4.46. The number of rotatable bonds is 7. The van der Waals surface area contributed by atoms with E-state index >= 15 is 0 Å². The Morgan fingerprint density at radius 3 is 2.30 bits per heavy atom. The number of para-hydroxylation sites is 1. The molecule has 3 aromatic carbocycles. The number of thioether (sulfide) groups is 1. The molecule has 0 aliphatic heterocycles. The minimum absolute atomic E-state index is 0.289. The number of hydrogen-bond acceptors (Lipinski definition) is 4. The van der Waals surface area contributed by atoms with Crippen LogP contribution in [0.3, 0.4) is 0 Å². The molecular formula is C24H21F3N2O3S. The molecule has 0 heterocycles. The van der Waals surface area contributed by atoms with Gasteiger partial charge in [-0.1, -0.05) is 18.2 Å². The Kier molecular flexibility index (Phi) is 7.65. The minimum Gasteiger partial charge on any atom is -0.497 e. The molecule has 0 saturated carbocycles. The zero-order chi connectivity index (χ0) is 24.0. The number of ether oxygens (including phenoxy) is 1. The summed E-state index contributed by atoms with van der Waals surface area (Å²) in [6.07, 6.45) is -4.57. The third kappa shape index (κ3) is 6.52. The summed E-state index contributed by atoms with van der Waals surface area (Å²) in [5.41, 5.74) is -0.220. The predicted molar refractivity (Wildman–Crippen MR) is 123 cm³/mol. The summed E-state index contributed by atoms with van der Waals surface area (Å²) in [4.78, 5) is 25.6. The summed E-state index contributed by atoms with van der Waals surface area (Å²) < 4.78 is 44.6. The number of carbonyl (C=O) groups is 2. The van der Waals surface area contributed by atoms with Gasteiger partial charge in [0.05, 0.1) is 23.6 Å². The molecule has 33 heavy (non-hydrogen) atoms. The Morgan fingerprint density at radius 2 is 1.64 bits per heavy atom. The van der Waals surface area contributed by atoms with Crippen molar-refractivity contribution in [1.29, 1.82) is 0 Å². The van der Waals surface area contributed by atoms with Gasteiger partial charge in [-0.3, -0.25) is 9.59 Å². The highest BCUT2D eigenvalue weighted by Crippen LogP contribution is 2.35. The molecule has 0 spiro atoms. The van der Waals surface area contributed by atoms with E-state index in [9.17, 15) is 22.8 Å². The lowest BCUT2D eigenvalue weighted by Gasteiger charge is -2.16. The van der Waals surface area contributed by atoms with Crippen molar-refractivity contribution in [2.24, 2.45) is 0 Å². The van der Waals surface area contributed by atoms with Crippen LogP contribution in [0.4, 0.5) is 24.5 Å². The average molecular weight is 475 g/mol. The number of halogens is 3. The Balaban J connectivity index is 1.65. The van der Waals surface area contributed by atoms with Crippen LogP contribution in [0, 0.1) is 0 Å². The molecule has 0 aliphatic carbocycles. The molecule has 0 radical (unpaired) electrons. The average Bonchev–Trinajstić information content (AvgIpc) is 2.79. The summed E-state index contributed by atoms with van der Waals surface area (Å²) in [5.74, 6) is -0.242. The standard InChI is InChI=1S/C24H21F3N2O3S/c1-15(22(30)29-21-9-4-3-8-20(21)24(25,26)27)33-19-7-5-6-17(14-19)28-23(31)16-10-12-18(32-2)13-11-16/h3-15H,1-2H3,(H,28,31)(H,29,30). The van der Waals surface area contributed by atoms with Crippen molar-refractivity contribution in [2.75, 3.05) is 17.7 Å². The first kappa shape index (κ1) is 24.2. The fourth-order valence-electron chi connectivity index (χ4n) is 2.92. The monoisotopic (exact) mass is 474 g/mol. The molecule has 0 bridgehead atoms. The van der Waals surface area contributed by atoms with Crippen LogP contribution in [0.15, 0.2) is 77.7 Å². The maximum absolute atomic E-state index is 13.2. The Morgan fingerprint density at radius 1 is 0.939 bits per heavy atom. The molecule has 2 N–H and O–H groups in total. The van der Waals surface area contributed by atoms with Gasteiger partial charge in [-0.25, -0.2) is 0 Å². The molecular weight excluding hydrogens is 453 g/mol. The summed E-state index contributed by atoms with van der Waals surface area (Å²) in [7, 11) is 1.54. The Hall–Kier alpha value is -3.46. The number of hydrogen-bond donors (Lipinski definition) is 2. The van der Waals surface area contributed by atoms with Crippen molar-refractivity contribution in [3.63, 3.8) is 0 Å². The van der Waals surface area contributed by atoms with Crippen molar-refractivity contribution in [3.05, 3.63) is 83.9 Å². The van der Waals surface area contributed by atoms with Crippen molar-refractivity contribution in [2.45, 2.75) is 23.2 Å². The molecule has 1 atom stereocenters. The number of amides is 2. The van der Waals surface area contributed by atoms with Crippen LogP contribution in [0.1, 0.15) is 22.8 Å². The predicted octanol–water partition coefficient (Wildman–Crippen LogP) is 6.09. The van der Waals surface area contributed by atoms with Gasteiger partial charge in [-0.05, 0) is 61.5 Å². The van der Waals surface area contributed by atoms with E-state index in [2.05, 4.69) is 10.6 Å². The second-order valence-electron chi connectivity index (χ2n) is 7.00. The highest BCUT2D eigenvalue weighted by atomic mass is 32.2. The van der Waals surface area contributed by atoms with E-state index in [4.69, 9.17) is 4.74 Å². The van der Waals surface area contributed by atoms with Gasteiger partial charge in [-0.15, -0.1) is 11.8 Å². The van der Waals surface area contributed by atoms with Gasteiger partial charge in [0.25, 0.3) is 5.91 Å². The van der Waals surface area contributed by atoms with E-state index in [0.717, 1.165) is 6.07 Å². The van der Waals surface area contributed by atoms with Crippen LogP contribution in [0.5, 0.6) is 5.75 Å². The van der Waals surface area contributed by atoms with Gasteiger partial charge >= 0.3 is 6.18 Å². The molecule has 0 saturated heterocycles. The topological polar surface area (TPSA) is 67.4 Å².